The summed E-state index contributed by atoms with van der Waals surface area (Å²) < 4.78 is 5.47. The van der Waals surface area contributed by atoms with E-state index in [-0.39, 0.29) is 5.78 Å². The van der Waals surface area contributed by atoms with Crippen LogP contribution in [0.3, 0.4) is 0 Å². The van der Waals surface area contributed by atoms with Crippen LogP contribution < -0.4 is 11.1 Å². The lowest BCUT2D eigenvalue weighted by Gasteiger charge is -2.22. The average molecular weight is 446 g/mol. The smallest absolute Gasteiger partial charge is 0.231 e. The van der Waals surface area contributed by atoms with Crippen molar-refractivity contribution in [2.24, 2.45) is 10.7 Å². The maximum absolute atomic E-state index is 12.9. The van der Waals surface area contributed by atoms with Crippen molar-refractivity contribution in [2.45, 2.75) is 32.1 Å². The van der Waals surface area contributed by atoms with Crippen molar-refractivity contribution >= 4 is 17.6 Å². The van der Waals surface area contributed by atoms with Crippen LogP contribution in [0.15, 0.2) is 70.2 Å². The first kappa shape index (κ1) is 22.7. The van der Waals surface area contributed by atoms with Gasteiger partial charge in [-0.25, -0.2) is 0 Å². The molecule has 0 atom stereocenters. The number of hydrogen-bond acceptors (Lipinski definition) is 5. The van der Waals surface area contributed by atoms with Gasteiger partial charge in [-0.05, 0) is 37.6 Å². The molecule has 172 valence electrons. The molecule has 1 aromatic heterocycles. The molecule has 2 aromatic carbocycles. The Morgan fingerprint density at radius 2 is 1.82 bits per heavy atom. The number of benzene rings is 2. The van der Waals surface area contributed by atoms with E-state index in [0.29, 0.717) is 29.5 Å². The van der Waals surface area contributed by atoms with Gasteiger partial charge in [0, 0.05) is 29.2 Å². The van der Waals surface area contributed by atoms with E-state index in [1.54, 1.807) is 0 Å². The van der Waals surface area contributed by atoms with Gasteiger partial charge in [0.25, 0.3) is 0 Å². The summed E-state index contributed by atoms with van der Waals surface area (Å²) in [6, 6.07) is 18.8. The summed E-state index contributed by atoms with van der Waals surface area (Å²) in [6.07, 6.45) is 2.52. The van der Waals surface area contributed by atoms with E-state index < -0.39 is 5.41 Å². The van der Waals surface area contributed by atoms with Crippen LogP contribution in [-0.4, -0.2) is 48.0 Å². The van der Waals surface area contributed by atoms with Crippen LogP contribution in [-0.2, 0) is 5.41 Å². The second-order valence-electron chi connectivity index (χ2n) is 8.92. The van der Waals surface area contributed by atoms with Gasteiger partial charge in [0.1, 0.15) is 0 Å². The first-order valence-electron chi connectivity index (χ1n) is 11.4. The van der Waals surface area contributed by atoms with Crippen molar-refractivity contribution in [2.75, 3.05) is 31.5 Å². The van der Waals surface area contributed by atoms with Gasteiger partial charge in [-0.3, -0.25) is 15.1 Å². The average Bonchev–Trinajstić information content (AvgIpc) is 3.52. The maximum atomic E-state index is 12.9. The lowest BCUT2D eigenvalue weighted by Crippen LogP contribution is -2.26. The van der Waals surface area contributed by atoms with Crippen molar-refractivity contribution in [3.63, 3.8) is 0 Å². The summed E-state index contributed by atoms with van der Waals surface area (Å²) in [5.74, 6) is 0.746. The van der Waals surface area contributed by atoms with Crippen LogP contribution in [0.5, 0.6) is 0 Å². The SMILES string of the molecule is CC(C)(c1cccc(C(=O)c2ccccc2)c1)c1cc(NC(N)=NCCN2CCCC2)on1. The minimum atomic E-state index is -0.474. The van der Waals surface area contributed by atoms with E-state index >= 15 is 0 Å². The molecule has 0 spiro atoms. The Morgan fingerprint density at radius 3 is 2.58 bits per heavy atom. The number of likely N-dealkylation sites (tertiary alicyclic amines) is 1. The summed E-state index contributed by atoms with van der Waals surface area (Å²) in [4.78, 5) is 19.7. The molecule has 7 heteroatoms. The number of carbonyl (C=O) groups excluding carboxylic acids is 1. The minimum Gasteiger partial charge on any atom is -0.370 e. The molecule has 1 aliphatic heterocycles. The van der Waals surface area contributed by atoms with Crippen molar-refractivity contribution in [1.82, 2.24) is 10.1 Å². The predicted molar refractivity (Wildman–Crippen MR) is 131 cm³/mol. The fraction of sp³-hybridized carbons (Fsp3) is 0.346. The zero-order valence-corrected chi connectivity index (χ0v) is 19.3. The van der Waals surface area contributed by atoms with Crippen LogP contribution in [0.1, 0.15) is 53.9 Å². The summed E-state index contributed by atoms with van der Waals surface area (Å²) in [6.45, 7) is 7.94. The molecule has 0 saturated carbocycles. The fourth-order valence-corrected chi connectivity index (χ4v) is 4.07. The number of rotatable bonds is 8. The largest absolute Gasteiger partial charge is 0.370 e. The Morgan fingerprint density at radius 1 is 1.09 bits per heavy atom. The number of guanidine groups is 1. The highest BCUT2D eigenvalue weighted by molar-refractivity contribution is 6.09. The first-order valence-corrected chi connectivity index (χ1v) is 11.4. The van der Waals surface area contributed by atoms with Gasteiger partial charge in [0.15, 0.2) is 11.7 Å². The van der Waals surface area contributed by atoms with Gasteiger partial charge in [0.05, 0.1) is 12.2 Å². The highest BCUT2D eigenvalue weighted by Gasteiger charge is 2.28. The molecule has 33 heavy (non-hydrogen) atoms. The number of carbonyl (C=O) groups is 1. The van der Waals surface area contributed by atoms with Crippen LogP contribution in [0.4, 0.5) is 5.88 Å². The monoisotopic (exact) mass is 445 g/mol. The van der Waals surface area contributed by atoms with E-state index in [0.717, 1.165) is 30.9 Å². The summed E-state index contributed by atoms with van der Waals surface area (Å²) >= 11 is 0. The number of aliphatic imine (C=N–C) groups is 1. The van der Waals surface area contributed by atoms with Crippen molar-refractivity contribution < 1.29 is 9.32 Å². The molecule has 0 amide bonds. The maximum Gasteiger partial charge on any atom is 0.231 e. The van der Waals surface area contributed by atoms with Gasteiger partial charge in [-0.15, -0.1) is 0 Å². The number of hydrogen-bond donors (Lipinski definition) is 2. The highest BCUT2D eigenvalue weighted by atomic mass is 16.5. The van der Waals surface area contributed by atoms with E-state index in [4.69, 9.17) is 10.3 Å². The van der Waals surface area contributed by atoms with E-state index in [1.165, 1.54) is 12.8 Å². The Kier molecular flexibility index (Phi) is 6.89. The summed E-state index contributed by atoms with van der Waals surface area (Å²) in [5, 5.41) is 7.24. The topological polar surface area (TPSA) is 96.8 Å². The lowest BCUT2D eigenvalue weighted by atomic mass is 9.80. The number of anilines is 1. The molecule has 3 N–H and O–H groups in total. The van der Waals surface area contributed by atoms with Crippen LogP contribution in [0.2, 0.25) is 0 Å². The van der Waals surface area contributed by atoms with Crippen LogP contribution in [0, 0.1) is 0 Å². The molecular weight excluding hydrogens is 414 g/mol. The Balaban J connectivity index is 1.44. The molecule has 2 heterocycles. The molecule has 1 saturated heterocycles. The van der Waals surface area contributed by atoms with Crippen molar-refractivity contribution in [1.29, 1.82) is 0 Å². The normalized spacial score (nSPS) is 15.0. The van der Waals surface area contributed by atoms with E-state index in [9.17, 15) is 4.79 Å². The van der Waals surface area contributed by atoms with Gasteiger partial charge in [-0.2, -0.15) is 0 Å². The number of ketones is 1. The summed E-state index contributed by atoms with van der Waals surface area (Å²) in [7, 11) is 0. The summed E-state index contributed by atoms with van der Waals surface area (Å²) in [5.41, 5.74) is 8.56. The zero-order valence-electron chi connectivity index (χ0n) is 19.3. The number of nitrogens with zero attached hydrogens (tertiary/aromatic N) is 3. The Hall–Kier alpha value is -3.45. The third kappa shape index (κ3) is 5.49. The third-order valence-corrected chi connectivity index (χ3v) is 6.18. The Labute approximate surface area is 194 Å². The minimum absolute atomic E-state index is 0.00586. The molecule has 0 unspecified atom stereocenters. The van der Waals surface area contributed by atoms with Gasteiger partial charge >= 0.3 is 0 Å². The molecule has 0 radical (unpaired) electrons. The van der Waals surface area contributed by atoms with E-state index in [2.05, 4.69) is 20.4 Å². The molecule has 4 rings (SSSR count). The molecule has 3 aromatic rings. The van der Waals surface area contributed by atoms with Crippen LogP contribution >= 0.6 is 0 Å². The number of aromatic nitrogens is 1. The first-order chi connectivity index (χ1) is 15.9. The number of nitrogens with one attached hydrogen (secondary N) is 1. The highest BCUT2D eigenvalue weighted by Crippen LogP contribution is 2.32. The second-order valence-corrected chi connectivity index (χ2v) is 8.92. The van der Waals surface area contributed by atoms with Crippen LogP contribution in [0.25, 0.3) is 0 Å². The van der Waals surface area contributed by atoms with Crippen molar-refractivity contribution in [3.05, 3.63) is 83.0 Å². The predicted octanol–water partition coefficient (Wildman–Crippen LogP) is 4.05. The van der Waals surface area contributed by atoms with E-state index in [1.807, 2.05) is 74.5 Å². The van der Waals surface area contributed by atoms with Gasteiger partial charge in [0.2, 0.25) is 5.88 Å². The zero-order chi connectivity index (χ0) is 23.3. The lowest BCUT2D eigenvalue weighted by molar-refractivity contribution is 0.103. The van der Waals surface area contributed by atoms with Crippen molar-refractivity contribution in [3.8, 4) is 0 Å². The molecule has 1 fully saturated rings. The fourth-order valence-electron chi connectivity index (χ4n) is 4.07. The number of nitrogens with two attached hydrogens (primary N) is 1. The quantitative estimate of drug-likeness (QED) is 0.308. The standard InChI is InChI=1S/C26H31N5O2/c1-26(2,21-12-8-11-20(17-21)24(32)19-9-4-3-5-10-19)22-18-23(33-30-22)29-25(27)28-13-16-31-14-6-7-15-31/h3-5,8-12,17-18H,6-7,13-16H2,1-2H3,(H3,27,28,29). The third-order valence-electron chi connectivity index (χ3n) is 6.18. The molecule has 0 aliphatic carbocycles. The van der Waals surface area contributed by atoms with Gasteiger partial charge in [-0.1, -0.05) is 67.5 Å². The Bertz CT molecular complexity index is 1110. The molecule has 0 bridgehead atoms. The molecular formula is C26H31N5O2. The van der Waals surface area contributed by atoms with Gasteiger partial charge < -0.3 is 15.2 Å². The molecule has 1 aliphatic rings. The molecule has 7 nitrogen and oxygen atoms in total. The second kappa shape index (κ2) is 10.0.